The van der Waals surface area contributed by atoms with Crippen molar-refractivity contribution in [1.82, 2.24) is 15.1 Å². The van der Waals surface area contributed by atoms with Crippen LogP contribution in [-0.2, 0) is 22.6 Å². The Balaban J connectivity index is 1.77. The van der Waals surface area contributed by atoms with Crippen LogP contribution in [-0.4, -0.2) is 27.8 Å². The first-order chi connectivity index (χ1) is 14.8. The lowest BCUT2D eigenvalue weighted by atomic mass is 10.1. The molecule has 0 radical (unpaired) electrons. The Labute approximate surface area is 181 Å². The molecule has 1 atom stereocenters. The van der Waals surface area contributed by atoms with Crippen LogP contribution >= 0.6 is 0 Å². The number of aromatic nitrogens is 2. The first kappa shape index (κ1) is 22.2. The van der Waals surface area contributed by atoms with Gasteiger partial charge in [0.1, 0.15) is 0 Å². The number of esters is 1. The van der Waals surface area contributed by atoms with Crippen LogP contribution in [0.4, 0.5) is 0 Å². The summed E-state index contributed by atoms with van der Waals surface area (Å²) in [5.74, 6) is -0.984. The summed E-state index contributed by atoms with van der Waals surface area (Å²) in [5.41, 5.74) is 1.85. The summed E-state index contributed by atoms with van der Waals surface area (Å²) in [6.07, 6.45) is -1.01. The van der Waals surface area contributed by atoms with Gasteiger partial charge in [-0.2, -0.15) is 5.10 Å². The first-order valence-electron chi connectivity index (χ1n) is 10.3. The second kappa shape index (κ2) is 9.55. The summed E-state index contributed by atoms with van der Waals surface area (Å²) in [6.45, 7) is 8.13. The van der Waals surface area contributed by atoms with E-state index in [0.717, 1.165) is 11.1 Å². The fourth-order valence-corrected chi connectivity index (χ4v) is 3.16. The summed E-state index contributed by atoms with van der Waals surface area (Å²) in [7, 11) is 0. The number of hydrogen-bond acceptors (Lipinski definition) is 5. The molecule has 1 amide bonds. The molecule has 0 aliphatic carbocycles. The Morgan fingerprint density at radius 3 is 2.32 bits per heavy atom. The lowest BCUT2D eigenvalue weighted by Crippen LogP contribution is -2.36. The predicted molar refractivity (Wildman–Crippen MR) is 119 cm³/mol. The lowest BCUT2D eigenvalue weighted by Gasteiger charge is -2.15. The lowest BCUT2D eigenvalue weighted by molar-refractivity contribution is -0.129. The molecule has 3 rings (SSSR count). The number of fused-ring (bicyclic) bond motifs is 1. The Hall–Kier alpha value is -3.48. The molecule has 0 aliphatic heterocycles. The number of rotatable bonds is 7. The second-order valence-corrected chi connectivity index (χ2v) is 8.03. The Bertz CT molecular complexity index is 1150. The summed E-state index contributed by atoms with van der Waals surface area (Å²) < 4.78 is 6.67. The highest BCUT2D eigenvalue weighted by atomic mass is 16.5. The third kappa shape index (κ3) is 5.36. The quantitative estimate of drug-likeness (QED) is 0.592. The molecule has 2 aromatic carbocycles. The van der Waals surface area contributed by atoms with E-state index in [9.17, 15) is 14.4 Å². The molecule has 7 heteroatoms. The Morgan fingerprint density at radius 1 is 1.03 bits per heavy atom. The van der Waals surface area contributed by atoms with Crippen LogP contribution in [0.15, 0.2) is 53.3 Å². The summed E-state index contributed by atoms with van der Waals surface area (Å²) in [5, 5.41) is 7.82. The van der Waals surface area contributed by atoms with Crippen molar-refractivity contribution in [2.75, 3.05) is 0 Å². The maximum Gasteiger partial charge on any atom is 0.360 e. The minimum absolute atomic E-state index is 0.0223. The molecular formula is C24H27N3O4. The van der Waals surface area contributed by atoms with Gasteiger partial charge in [0, 0.05) is 18.5 Å². The van der Waals surface area contributed by atoms with Crippen molar-refractivity contribution in [2.24, 2.45) is 5.92 Å². The monoisotopic (exact) mass is 421 g/mol. The Morgan fingerprint density at radius 2 is 1.68 bits per heavy atom. The number of nitrogens with one attached hydrogen (secondary N) is 1. The van der Waals surface area contributed by atoms with Gasteiger partial charge in [-0.15, -0.1) is 0 Å². The topological polar surface area (TPSA) is 90.3 Å². The number of aryl methyl sites for hydroxylation is 1. The number of hydrogen-bond donors (Lipinski definition) is 1. The summed E-state index contributed by atoms with van der Waals surface area (Å²) in [4.78, 5) is 38.0. The number of carbonyl (C=O) groups excluding carboxylic acids is 2. The standard InChI is InChI=1S/C24H27N3O4/c1-15(2)14-27-23(29)20-8-6-5-7-19(20)21(26-27)24(30)31-17(4)22(28)25-13-18-11-9-16(3)10-12-18/h5-12,15,17H,13-14H2,1-4H3,(H,25,28)/t17-/m0/s1. The highest BCUT2D eigenvalue weighted by Gasteiger charge is 2.23. The SMILES string of the molecule is Cc1ccc(CNC(=O)[C@H](C)OC(=O)c2nn(CC(C)C)c(=O)c3ccccc23)cc1. The van der Waals surface area contributed by atoms with E-state index in [-0.39, 0.29) is 17.2 Å². The van der Waals surface area contributed by atoms with E-state index in [0.29, 0.717) is 23.9 Å². The third-order valence-electron chi connectivity index (χ3n) is 4.84. The molecule has 162 valence electrons. The minimum Gasteiger partial charge on any atom is -0.448 e. The second-order valence-electron chi connectivity index (χ2n) is 8.03. The van der Waals surface area contributed by atoms with Crippen LogP contribution in [0, 0.1) is 12.8 Å². The zero-order valence-corrected chi connectivity index (χ0v) is 18.2. The van der Waals surface area contributed by atoms with E-state index in [1.54, 1.807) is 24.3 Å². The van der Waals surface area contributed by atoms with Crippen LogP contribution in [0.1, 0.15) is 42.4 Å². The van der Waals surface area contributed by atoms with Crippen LogP contribution in [0.2, 0.25) is 0 Å². The first-order valence-corrected chi connectivity index (χ1v) is 10.3. The maximum atomic E-state index is 12.9. The van der Waals surface area contributed by atoms with Crippen molar-refractivity contribution in [3.63, 3.8) is 0 Å². The summed E-state index contributed by atoms with van der Waals surface area (Å²) >= 11 is 0. The minimum atomic E-state index is -1.01. The van der Waals surface area contributed by atoms with E-state index in [2.05, 4.69) is 10.4 Å². The van der Waals surface area contributed by atoms with Crippen molar-refractivity contribution in [2.45, 2.75) is 46.9 Å². The van der Waals surface area contributed by atoms with Gasteiger partial charge >= 0.3 is 5.97 Å². The molecule has 3 aromatic rings. The predicted octanol–water partition coefficient (Wildman–Crippen LogP) is 3.22. The normalized spacial score (nSPS) is 12.0. The van der Waals surface area contributed by atoms with Crippen molar-refractivity contribution < 1.29 is 14.3 Å². The van der Waals surface area contributed by atoms with Crippen molar-refractivity contribution in [3.05, 3.63) is 75.7 Å². The number of amides is 1. The molecule has 7 nitrogen and oxygen atoms in total. The molecular weight excluding hydrogens is 394 g/mol. The molecule has 31 heavy (non-hydrogen) atoms. The van der Waals surface area contributed by atoms with Gasteiger partial charge in [0.15, 0.2) is 11.8 Å². The molecule has 0 saturated carbocycles. The zero-order chi connectivity index (χ0) is 22.5. The molecule has 1 aromatic heterocycles. The molecule has 0 bridgehead atoms. The van der Waals surface area contributed by atoms with Gasteiger partial charge in [0.2, 0.25) is 0 Å². The number of ether oxygens (including phenoxy) is 1. The van der Waals surface area contributed by atoms with Crippen molar-refractivity contribution >= 4 is 22.6 Å². The smallest absolute Gasteiger partial charge is 0.360 e. The van der Waals surface area contributed by atoms with Gasteiger partial charge in [-0.05, 0) is 31.4 Å². The fourth-order valence-electron chi connectivity index (χ4n) is 3.16. The molecule has 0 fully saturated rings. The van der Waals surface area contributed by atoms with Crippen LogP contribution in [0.5, 0.6) is 0 Å². The van der Waals surface area contributed by atoms with Gasteiger partial charge in [-0.25, -0.2) is 9.48 Å². The van der Waals surface area contributed by atoms with Crippen LogP contribution in [0.3, 0.4) is 0 Å². The van der Waals surface area contributed by atoms with E-state index in [1.165, 1.54) is 11.6 Å². The Kier molecular flexibility index (Phi) is 6.84. The zero-order valence-electron chi connectivity index (χ0n) is 18.2. The van der Waals surface area contributed by atoms with E-state index in [1.807, 2.05) is 45.0 Å². The molecule has 0 spiro atoms. The third-order valence-corrected chi connectivity index (χ3v) is 4.84. The van der Waals surface area contributed by atoms with E-state index in [4.69, 9.17) is 4.74 Å². The number of carbonyl (C=O) groups is 2. The largest absolute Gasteiger partial charge is 0.448 e. The van der Waals surface area contributed by atoms with E-state index < -0.39 is 18.0 Å². The highest BCUT2D eigenvalue weighted by Crippen LogP contribution is 2.15. The number of benzene rings is 2. The van der Waals surface area contributed by atoms with Crippen LogP contribution in [0.25, 0.3) is 10.8 Å². The average Bonchev–Trinajstić information content (AvgIpc) is 2.74. The van der Waals surface area contributed by atoms with Gasteiger partial charge < -0.3 is 10.1 Å². The summed E-state index contributed by atoms with van der Waals surface area (Å²) in [6, 6.07) is 14.6. The van der Waals surface area contributed by atoms with Gasteiger partial charge in [0.25, 0.3) is 11.5 Å². The van der Waals surface area contributed by atoms with Crippen molar-refractivity contribution in [1.29, 1.82) is 0 Å². The number of nitrogens with zero attached hydrogens (tertiary/aromatic N) is 2. The van der Waals surface area contributed by atoms with Gasteiger partial charge in [-0.3, -0.25) is 9.59 Å². The fraction of sp³-hybridized carbons (Fsp3) is 0.333. The molecule has 0 unspecified atom stereocenters. The highest BCUT2D eigenvalue weighted by molar-refractivity contribution is 6.02. The van der Waals surface area contributed by atoms with Gasteiger partial charge in [0.05, 0.1) is 5.39 Å². The van der Waals surface area contributed by atoms with Crippen molar-refractivity contribution in [3.8, 4) is 0 Å². The molecule has 1 N–H and O–H groups in total. The molecule has 1 heterocycles. The molecule has 0 aliphatic rings. The van der Waals surface area contributed by atoms with Crippen LogP contribution < -0.4 is 10.9 Å². The average molecular weight is 421 g/mol. The van der Waals surface area contributed by atoms with Gasteiger partial charge in [-0.1, -0.05) is 61.9 Å². The maximum absolute atomic E-state index is 12.9. The molecule has 0 saturated heterocycles. The van der Waals surface area contributed by atoms with E-state index >= 15 is 0 Å².